The minimum Gasteiger partial charge on any atom is -0.484 e. The molecule has 6 nitrogen and oxygen atoms in total. The maximum absolute atomic E-state index is 13.5. The van der Waals surface area contributed by atoms with E-state index in [1.807, 2.05) is 36.4 Å². The second-order valence-electron chi connectivity index (χ2n) is 9.06. The van der Waals surface area contributed by atoms with Crippen LogP contribution in [0.5, 0.6) is 5.75 Å². The van der Waals surface area contributed by atoms with E-state index in [9.17, 15) is 19.1 Å². The third kappa shape index (κ3) is 4.51. The van der Waals surface area contributed by atoms with Gasteiger partial charge in [0.2, 0.25) is 5.91 Å². The summed E-state index contributed by atoms with van der Waals surface area (Å²) in [6, 6.07) is 19.0. The number of nitrogens with one attached hydrogen (secondary N) is 1. The van der Waals surface area contributed by atoms with Crippen LogP contribution in [0.15, 0.2) is 66.7 Å². The van der Waals surface area contributed by atoms with E-state index in [0.29, 0.717) is 36.4 Å². The molecule has 2 aliphatic heterocycles. The van der Waals surface area contributed by atoms with Gasteiger partial charge < -0.3 is 20.1 Å². The summed E-state index contributed by atoms with van der Waals surface area (Å²) in [6.45, 7) is 0.979. The van der Waals surface area contributed by atoms with E-state index >= 15 is 0 Å². The van der Waals surface area contributed by atoms with Gasteiger partial charge in [0.15, 0.2) is 0 Å². The lowest BCUT2D eigenvalue weighted by Gasteiger charge is -2.30. The lowest BCUT2D eigenvalue weighted by Crippen LogP contribution is -2.42. The Labute approximate surface area is 203 Å². The lowest BCUT2D eigenvalue weighted by atomic mass is 9.88. The molecule has 2 N–H and O–H groups in total. The number of carbonyl (C=O) groups excluding carboxylic acids is 2. The zero-order valence-corrected chi connectivity index (χ0v) is 19.4. The van der Waals surface area contributed by atoms with Crippen molar-refractivity contribution < 1.29 is 23.8 Å². The number of aliphatic hydroxyl groups is 1. The van der Waals surface area contributed by atoms with Crippen LogP contribution in [-0.4, -0.2) is 48.1 Å². The van der Waals surface area contributed by atoms with Crippen LogP contribution < -0.4 is 10.1 Å². The summed E-state index contributed by atoms with van der Waals surface area (Å²) >= 11 is 0. The summed E-state index contributed by atoms with van der Waals surface area (Å²) in [4.78, 5) is 27.6. The molecule has 2 aliphatic rings. The first kappa shape index (κ1) is 23.1. The topological polar surface area (TPSA) is 78.9 Å². The second kappa shape index (κ2) is 9.50. The number of β-amino-alcohol motifs (C(OH)–C–C–N with tert-alkyl or cyclic N) is 1. The molecule has 0 spiro atoms. The number of amides is 2. The maximum atomic E-state index is 13.5. The maximum Gasteiger partial charge on any atom is 0.253 e. The normalized spacial score (nSPS) is 21.2. The van der Waals surface area contributed by atoms with Gasteiger partial charge in [-0.05, 0) is 65.9 Å². The number of hydrogen-bond acceptors (Lipinski definition) is 4. The Bertz CT molecular complexity index is 1260. The van der Waals surface area contributed by atoms with Gasteiger partial charge in [-0.25, -0.2) is 4.39 Å². The van der Waals surface area contributed by atoms with E-state index in [1.165, 1.54) is 12.1 Å². The van der Waals surface area contributed by atoms with Crippen LogP contribution in [0.2, 0.25) is 0 Å². The average molecular weight is 475 g/mol. The molecule has 3 unspecified atom stereocenters. The van der Waals surface area contributed by atoms with Gasteiger partial charge in [0.1, 0.15) is 23.6 Å². The average Bonchev–Trinajstić information content (AvgIpc) is 3.27. The molecule has 1 fully saturated rings. The van der Waals surface area contributed by atoms with Crippen LogP contribution in [0.1, 0.15) is 46.3 Å². The van der Waals surface area contributed by atoms with Gasteiger partial charge in [-0.15, -0.1) is 0 Å². The number of likely N-dealkylation sites (N-methyl/N-ethyl adjacent to an activating group) is 1. The van der Waals surface area contributed by atoms with Crippen molar-refractivity contribution in [3.63, 3.8) is 0 Å². The van der Waals surface area contributed by atoms with E-state index < -0.39 is 18.1 Å². The number of nitrogens with zero attached hydrogens (tertiary/aromatic N) is 1. The summed E-state index contributed by atoms with van der Waals surface area (Å²) in [7, 11) is 1.58. The summed E-state index contributed by atoms with van der Waals surface area (Å²) in [6.07, 6.45) is 0.447. The van der Waals surface area contributed by atoms with Crippen molar-refractivity contribution in [1.82, 2.24) is 10.2 Å². The van der Waals surface area contributed by atoms with Crippen LogP contribution in [0, 0.1) is 5.82 Å². The van der Waals surface area contributed by atoms with Crippen molar-refractivity contribution >= 4 is 11.8 Å². The van der Waals surface area contributed by atoms with Gasteiger partial charge in [0.05, 0.1) is 6.10 Å². The van der Waals surface area contributed by atoms with E-state index in [2.05, 4.69) is 5.32 Å². The fourth-order valence-corrected chi connectivity index (χ4v) is 4.95. The van der Waals surface area contributed by atoms with Gasteiger partial charge in [0, 0.05) is 31.3 Å². The highest BCUT2D eigenvalue weighted by Crippen LogP contribution is 2.47. The molecule has 0 aromatic heterocycles. The van der Waals surface area contributed by atoms with Crippen molar-refractivity contribution in [3.8, 4) is 16.9 Å². The number of fused-ring (bicyclic) bond motifs is 1. The molecule has 1 saturated heterocycles. The summed E-state index contributed by atoms with van der Waals surface area (Å²) in [5.74, 6) is -0.639. The fraction of sp³-hybridized carbons (Fsp3) is 0.286. The first-order chi connectivity index (χ1) is 16.9. The minimum atomic E-state index is -0.597. The summed E-state index contributed by atoms with van der Waals surface area (Å²) in [5.41, 5.74) is 3.72. The number of benzene rings is 3. The van der Waals surface area contributed by atoms with Gasteiger partial charge in [-0.3, -0.25) is 9.59 Å². The molecule has 35 heavy (non-hydrogen) atoms. The Hall–Kier alpha value is -3.71. The van der Waals surface area contributed by atoms with E-state index in [-0.39, 0.29) is 17.6 Å². The van der Waals surface area contributed by atoms with Crippen LogP contribution in [0.3, 0.4) is 0 Å². The molecule has 5 rings (SSSR count). The molecule has 3 atom stereocenters. The first-order valence-corrected chi connectivity index (χ1v) is 11.8. The fourth-order valence-electron chi connectivity index (χ4n) is 4.95. The van der Waals surface area contributed by atoms with E-state index in [1.54, 1.807) is 30.1 Å². The number of piperidine rings is 1. The van der Waals surface area contributed by atoms with Crippen molar-refractivity contribution in [2.45, 2.75) is 31.0 Å². The van der Waals surface area contributed by atoms with Gasteiger partial charge >= 0.3 is 0 Å². The molecular weight excluding hydrogens is 447 g/mol. The predicted octanol–water partition coefficient (Wildman–Crippen LogP) is 4.05. The zero-order chi connectivity index (χ0) is 24.5. The minimum absolute atomic E-state index is 0.102. The third-order valence-corrected chi connectivity index (χ3v) is 6.76. The standard InChI is InChI=1S/C28H27FN2O4/c1-30-27(33)25-23-15-19(9-12-24(23)35-26(25)17-7-10-21(29)11-8-17)18-4-2-5-20(14-18)28(34)31-13-3-6-22(32)16-31/h2,4-5,7-12,14-15,22,25-26,32H,3,6,13,16H2,1H3,(H,30,33). The van der Waals surface area contributed by atoms with Gasteiger partial charge in [-0.2, -0.15) is 0 Å². The van der Waals surface area contributed by atoms with Gasteiger partial charge in [0.25, 0.3) is 5.91 Å². The molecule has 0 radical (unpaired) electrons. The number of halogens is 1. The Balaban J connectivity index is 1.47. The first-order valence-electron chi connectivity index (χ1n) is 11.8. The molecule has 0 saturated carbocycles. The molecule has 2 heterocycles. The van der Waals surface area contributed by atoms with Crippen molar-refractivity contribution in [2.24, 2.45) is 0 Å². The second-order valence-corrected chi connectivity index (χ2v) is 9.06. The lowest BCUT2D eigenvalue weighted by molar-refractivity contribution is -0.123. The highest BCUT2D eigenvalue weighted by Gasteiger charge is 2.40. The van der Waals surface area contributed by atoms with Crippen LogP contribution in [-0.2, 0) is 4.79 Å². The van der Waals surface area contributed by atoms with E-state index in [0.717, 1.165) is 23.1 Å². The molecule has 180 valence electrons. The van der Waals surface area contributed by atoms with Crippen molar-refractivity contribution in [1.29, 1.82) is 0 Å². The largest absolute Gasteiger partial charge is 0.484 e. The highest BCUT2D eigenvalue weighted by molar-refractivity contribution is 5.95. The highest BCUT2D eigenvalue weighted by atomic mass is 19.1. The zero-order valence-electron chi connectivity index (χ0n) is 19.4. The molecule has 0 bridgehead atoms. The number of aliphatic hydroxyl groups excluding tert-OH is 1. The smallest absolute Gasteiger partial charge is 0.253 e. The van der Waals surface area contributed by atoms with E-state index in [4.69, 9.17) is 4.74 Å². The SMILES string of the molecule is CNC(=O)C1c2cc(-c3cccc(C(=O)N4CCCC(O)C4)c3)ccc2OC1c1ccc(F)cc1. The Kier molecular flexibility index (Phi) is 6.26. The number of likely N-dealkylation sites (tertiary alicyclic amines) is 1. The summed E-state index contributed by atoms with van der Waals surface area (Å²) in [5, 5.41) is 12.7. The Morgan fingerprint density at radius 3 is 2.57 bits per heavy atom. The third-order valence-electron chi connectivity index (χ3n) is 6.76. The molecule has 3 aromatic rings. The van der Waals surface area contributed by atoms with Crippen molar-refractivity contribution in [3.05, 3.63) is 89.2 Å². The van der Waals surface area contributed by atoms with Crippen LogP contribution in [0.25, 0.3) is 11.1 Å². The van der Waals surface area contributed by atoms with Gasteiger partial charge in [-0.1, -0.05) is 30.3 Å². The number of rotatable bonds is 4. The van der Waals surface area contributed by atoms with Crippen LogP contribution in [0.4, 0.5) is 4.39 Å². The number of ether oxygens (including phenoxy) is 1. The molecule has 7 heteroatoms. The molecule has 3 aromatic carbocycles. The Morgan fingerprint density at radius 2 is 1.83 bits per heavy atom. The predicted molar refractivity (Wildman–Crippen MR) is 130 cm³/mol. The molecule has 0 aliphatic carbocycles. The number of carbonyl (C=O) groups is 2. The monoisotopic (exact) mass is 474 g/mol. The molecular formula is C28H27FN2O4. The quantitative estimate of drug-likeness (QED) is 0.598. The van der Waals surface area contributed by atoms with Crippen molar-refractivity contribution in [2.75, 3.05) is 20.1 Å². The summed E-state index contributed by atoms with van der Waals surface area (Å²) < 4.78 is 19.6. The van der Waals surface area contributed by atoms with Crippen LogP contribution >= 0.6 is 0 Å². The Morgan fingerprint density at radius 1 is 1.06 bits per heavy atom. The number of hydrogen-bond donors (Lipinski definition) is 2. The molecule has 2 amide bonds.